The maximum Gasteiger partial charge on any atom is 0.225 e. The molecule has 1 saturated carbocycles. The third-order valence-electron chi connectivity index (χ3n) is 4.89. The van der Waals surface area contributed by atoms with Crippen molar-refractivity contribution >= 4 is 5.91 Å². The number of amides is 1. The molecule has 1 aliphatic carbocycles. The van der Waals surface area contributed by atoms with E-state index in [1.165, 1.54) is 0 Å². The van der Waals surface area contributed by atoms with Crippen LogP contribution in [0.2, 0.25) is 0 Å². The molecule has 2 atom stereocenters. The van der Waals surface area contributed by atoms with Gasteiger partial charge in [-0.3, -0.25) is 4.79 Å². The summed E-state index contributed by atoms with van der Waals surface area (Å²) in [7, 11) is 1.63. The number of methoxy groups -OCH3 is 1. The van der Waals surface area contributed by atoms with E-state index in [0.717, 1.165) is 37.1 Å². The quantitative estimate of drug-likeness (QED) is 0.863. The summed E-state index contributed by atoms with van der Waals surface area (Å²) in [4.78, 5) is 12.5. The minimum atomic E-state index is -0.428. The van der Waals surface area contributed by atoms with Crippen LogP contribution in [0.3, 0.4) is 0 Å². The van der Waals surface area contributed by atoms with E-state index in [1.54, 1.807) is 11.8 Å². The number of carbonyl (C=O) groups is 1. The predicted octanol–water partition coefficient (Wildman–Crippen LogP) is 1.80. The van der Waals surface area contributed by atoms with E-state index < -0.39 is 5.54 Å². The Bertz CT molecular complexity index is 723. The Kier molecular flexibility index (Phi) is 5.03. The molecule has 134 valence electrons. The number of hydrogen-bond donors (Lipinski definition) is 2. The average molecular weight is 343 g/mol. The minimum absolute atomic E-state index is 0.00342. The van der Waals surface area contributed by atoms with Crippen molar-refractivity contribution in [3.63, 3.8) is 0 Å². The van der Waals surface area contributed by atoms with Gasteiger partial charge >= 0.3 is 0 Å². The summed E-state index contributed by atoms with van der Waals surface area (Å²) in [5.41, 5.74) is 7.45. The molecule has 3 N–H and O–H groups in total. The fourth-order valence-corrected chi connectivity index (χ4v) is 3.33. The zero-order chi connectivity index (χ0) is 17.9. The fourth-order valence-electron chi connectivity index (χ4n) is 3.33. The van der Waals surface area contributed by atoms with E-state index in [2.05, 4.69) is 15.6 Å². The number of nitrogens with zero attached hydrogens (tertiary/aromatic N) is 3. The molecule has 2 unspecified atom stereocenters. The van der Waals surface area contributed by atoms with Crippen molar-refractivity contribution in [2.45, 2.75) is 44.7 Å². The molecule has 1 amide bonds. The van der Waals surface area contributed by atoms with Crippen molar-refractivity contribution in [1.29, 1.82) is 0 Å². The number of aromatic nitrogens is 3. The van der Waals surface area contributed by atoms with E-state index in [4.69, 9.17) is 10.5 Å². The van der Waals surface area contributed by atoms with Crippen LogP contribution in [0, 0.1) is 5.92 Å². The molecule has 0 aliphatic heterocycles. The van der Waals surface area contributed by atoms with Crippen molar-refractivity contribution in [2.75, 3.05) is 7.11 Å². The number of rotatable bonds is 5. The van der Waals surface area contributed by atoms with E-state index >= 15 is 0 Å². The van der Waals surface area contributed by atoms with Gasteiger partial charge in [0.25, 0.3) is 0 Å². The van der Waals surface area contributed by atoms with Crippen molar-refractivity contribution in [3.8, 4) is 11.4 Å². The molecule has 7 nitrogen and oxygen atoms in total. The largest absolute Gasteiger partial charge is 0.497 e. The maximum absolute atomic E-state index is 12.5. The number of hydrogen-bond acceptors (Lipinski definition) is 5. The highest BCUT2D eigenvalue weighted by Gasteiger charge is 2.37. The van der Waals surface area contributed by atoms with Gasteiger partial charge in [0.05, 0.1) is 31.5 Å². The molecule has 25 heavy (non-hydrogen) atoms. The SMILES string of the molecule is COc1ccc(-n2cc(CNC(=O)C3CCCCC3(C)N)nn2)cc1. The molecule has 3 rings (SSSR count). The molecule has 2 aromatic rings. The highest BCUT2D eigenvalue weighted by Crippen LogP contribution is 2.31. The second-order valence-corrected chi connectivity index (χ2v) is 6.87. The van der Waals surface area contributed by atoms with Gasteiger partial charge in [-0.05, 0) is 44.0 Å². The summed E-state index contributed by atoms with van der Waals surface area (Å²) < 4.78 is 6.82. The Hall–Kier alpha value is -2.41. The average Bonchev–Trinajstić information content (AvgIpc) is 3.08. The smallest absolute Gasteiger partial charge is 0.225 e. The first kappa shape index (κ1) is 17.4. The van der Waals surface area contributed by atoms with Crippen molar-refractivity contribution in [3.05, 3.63) is 36.2 Å². The minimum Gasteiger partial charge on any atom is -0.497 e. The summed E-state index contributed by atoms with van der Waals surface area (Å²) >= 11 is 0. The van der Waals surface area contributed by atoms with Crippen LogP contribution in [0.1, 0.15) is 38.3 Å². The summed E-state index contributed by atoms with van der Waals surface area (Å²) in [6, 6.07) is 7.53. The Morgan fingerprint density at radius 2 is 2.16 bits per heavy atom. The number of ether oxygens (including phenoxy) is 1. The predicted molar refractivity (Wildman–Crippen MR) is 94.3 cm³/mol. The fraction of sp³-hybridized carbons (Fsp3) is 0.500. The van der Waals surface area contributed by atoms with E-state index in [0.29, 0.717) is 12.2 Å². The van der Waals surface area contributed by atoms with Gasteiger partial charge in [0.2, 0.25) is 5.91 Å². The Labute approximate surface area is 147 Å². The van der Waals surface area contributed by atoms with Crippen LogP contribution < -0.4 is 15.8 Å². The Morgan fingerprint density at radius 3 is 2.84 bits per heavy atom. The number of benzene rings is 1. The van der Waals surface area contributed by atoms with Crippen LogP contribution in [0.4, 0.5) is 0 Å². The van der Waals surface area contributed by atoms with Crippen LogP contribution in [0.15, 0.2) is 30.5 Å². The molecule has 0 radical (unpaired) electrons. The third kappa shape index (κ3) is 3.99. The summed E-state index contributed by atoms with van der Waals surface area (Å²) in [5.74, 6) is 0.648. The van der Waals surface area contributed by atoms with Gasteiger partial charge in [0.1, 0.15) is 11.4 Å². The molecule has 1 aliphatic rings. The zero-order valence-electron chi connectivity index (χ0n) is 14.7. The summed E-state index contributed by atoms with van der Waals surface area (Å²) in [5, 5.41) is 11.2. The van der Waals surface area contributed by atoms with Gasteiger partial charge in [-0.1, -0.05) is 18.1 Å². The molecule has 0 spiro atoms. The molecule has 0 bridgehead atoms. The normalized spacial score (nSPS) is 23.2. The second kappa shape index (κ2) is 7.23. The zero-order valence-corrected chi connectivity index (χ0v) is 14.7. The summed E-state index contributed by atoms with van der Waals surface area (Å²) in [6.45, 7) is 2.32. The highest BCUT2D eigenvalue weighted by molar-refractivity contribution is 5.80. The van der Waals surface area contributed by atoms with Crippen molar-refractivity contribution in [2.24, 2.45) is 11.7 Å². The van der Waals surface area contributed by atoms with Gasteiger partial charge in [-0.15, -0.1) is 5.10 Å². The van der Waals surface area contributed by atoms with Crippen LogP contribution in [0.5, 0.6) is 5.75 Å². The van der Waals surface area contributed by atoms with Gasteiger partial charge in [0.15, 0.2) is 0 Å². The first-order chi connectivity index (χ1) is 12.0. The van der Waals surface area contributed by atoms with Gasteiger partial charge in [-0.2, -0.15) is 0 Å². The van der Waals surface area contributed by atoms with Crippen LogP contribution in [-0.2, 0) is 11.3 Å². The number of nitrogens with two attached hydrogens (primary N) is 1. The van der Waals surface area contributed by atoms with Crippen LogP contribution >= 0.6 is 0 Å². The van der Waals surface area contributed by atoms with Crippen molar-refractivity contribution < 1.29 is 9.53 Å². The number of nitrogens with one attached hydrogen (secondary N) is 1. The lowest BCUT2D eigenvalue weighted by molar-refractivity contribution is -0.128. The Balaban J connectivity index is 1.60. The van der Waals surface area contributed by atoms with E-state index in [1.807, 2.05) is 37.4 Å². The van der Waals surface area contributed by atoms with Crippen molar-refractivity contribution in [1.82, 2.24) is 20.3 Å². The topological polar surface area (TPSA) is 95.1 Å². The standard InChI is InChI=1S/C18H25N5O2/c1-18(19)10-4-3-5-16(18)17(24)20-11-13-12-23(22-21-13)14-6-8-15(25-2)9-7-14/h6-9,12,16H,3-5,10-11,19H2,1-2H3,(H,20,24). The monoisotopic (exact) mass is 343 g/mol. The van der Waals surface area contributed by atoms with Gasteiger partial charge < -0.3 is 15.8 Å². The Morgan fingerprint density at radius 1 is 1.40 bits per heavy atom. The lowest BCUT2D eigenvalue weighted by Crippen LogP contribution is -2.52. The number of carbonyl (C=O) groups excluding carboxylic acids is 1. The van der Waals surface area contributed by atoms with E-state index in [9.17, 15) is 4.79 Å². The van der Waals surface area contributed by atoms with Gasteiger partial charge in [0, 0.05) is 5.54 Å². The summed E-state index contributed by atoms with van der Waals surface area (Å²) in [6.07, 6.45) is 5.69. The first-order valence-electron chi connectivity index (χ1n) is 8.62. The van der Waals surface area contributed by atoms with Gasteiger partial charge in [-0.25, -0.2) is 4.68 Å². The molecule has 7 heteroatoms. The lowest BCUT2D eigenvalue weighted by atomic mass is 9.74. The lowest BCUT2D eigenvalue weighted by Gasteiger charge is -2.37. The molecule has 0 saturated heterocycles. The molecular weight excluding hydrogens is 318 g/mol. The molecule has 1 aromatic carbocycles. The molecule has 1 fully saturated rings. The van der Waals surface area contributed by atoms with Crippen LogP contribution in [-0.4, -0.2) is 33.5 Å². The molecule has 1 aromatic heterocycles. The maximum atomic E-state index is 12.5. The second-order valence-electron chi connectivity index (χ2n) is 6.87. The molecular formula is C18H25N5O2. The third-order valence-corrected chi connectivity index (χ3v) is 4.89. The highest BCUT2D eigenvalue weighted by atomic mass is 16.5. The van der Waals surface area contributed by atoms with E-state index in [-0.39, 0.29) is 11.8 Å². The molecule has 1 heterocycles. The first-order valence-corrected chi connectivity index (χ1v) is 8.62. The van der Waals surface area contributed by atoms with Crippen LogP contribution in [0.25, 0.3) is 5.69 Å².